The first-order chi connectivity index (χ1) is 5.84. The van der Waals surface area contributed by atoms with Crippen LogP contribution in [0.1, 0.15) is 32.6 Å². The zero-order chi connectivity index (χ0) is 8.81. The number of nitrogens with zero attached hydrogens (tertiary/aromatic N) is 1. The molecule has 0 spiro atoms. The molecular formula is C10H24Cl2N2. The average Bonchev–Trinajstić information content (AvgIpc) is 2.15. The summed E-state index contributed by atoms with van der Waals surface area (Å²) >= 11 is 0. The Balaban J connectivity index is 0. The third-order valence-electron chi connectivity index (χ3n) is 2.80. The summed E-state index contributed by atoms with van der Waals surface area (Å²) in [7, 11) is 2.27. The molecule has 1 aliphatic heterocycles. The first-order valence-corrected chi connectivity index (χ1v) is 5.25. The second kappa shape index (κ2) is 10.0. The molecule has 0 aromatic carbocycles. The van der Waals surface area contributed by atoms with Gasteiger partial charge >= 0.3 is 0 Å². The standard InChI is InChI=1S/C10H22N2.2ClH/c1-3-4-9-12(2)10-5-7-11-8-6-10;;/h10-11H,3-9H2,1-2H3;2*1H. The predicted octanol–water partition coefficient (Wildman–Crippen LogP) is 2.31. The van der Waals surface area contributed by atoms with E-state index in [0.717, 1.165) is 6.04 Å². The van der Waals surface area contributed by atoms with E-state index in [0.29, 0.717) is 0 Å². The van der Waals surface area contributed by atoms with Crippen LogP contribution in [0.25, 0.3) is 0 Å². The minimum Gasteiger partial charge on any atom is -0.317 e. The Kier molecular flexibility index (Phi) is 12.1. The number of hydrogen-bond acceptors (Lipinski definition) is 2. The molecule has 1 aliphatic rings. The van der Waals surface area contributed by atoms with Crippen molar-refractivity contribution < 1.29 is 0 Å². The molecule has 0 atom stereocenters. The lowest BCUT2D eigenvalue weighted by Gasteiger charge is -2.31. The first kappa shape index (κ1) is 16.9. The van der Waals surface area contributed by atoms with E-state index in [9.17, 15) is 0 Å². The Morgan fingerprint density at radius 1 is 1.21 bits per heavy atom. The quantitative estimate of drug-likeness (QED) is 0.815. The van der Waals surface area contributed by atoms with Crippen LogP contribution in [0.4, 0.5) is 0 Å². The molecule has 0 saturated carbocycles. The van der Waals surface area contributed by atoms with E-state index in [4.69, 9.17) is 0 Å². The van der Waals surface area contributed by atoms with Gasteiger partial charge in [-0.25, -0.2) is 0 Å². The van der Waals surface area contributed by atoms with Gasteiger partial charge in [0.1, 0.15) is 0 Å². The van der Waals surface area contributed by atoms with E-state index in [1.54, 1.807) is 0 Å². The van der Waals surface area contributed by atoms with Crippen LogP contribution in [-0.4, -0.2) is 37.6 Å². The molecule has 0 aromatic rings. The van der Waals surface area contributed by atoms with Crippen molar-refractivity contribution in [2.45, 2.75) is 38.6 Å². The highest BCUT2D eigenvalue weighted by Gasteiger charge is 2.16. The van der Waals surface area contributed by atoms with Crippen molar-refractivity contribution in [2.75, 3.05) is 26.7 Å². The zero-order valence-corrected chi connectivity index (χ0v) is 10.9. The molecule has 0 aromatic heterocycles. The lowest BCUT2D eigenvalue weighted by Crippen LogP contribution is -2.41. The summed E-state index contributed by atoms with van der Waals surface area (Å²) in [6, 6.07) is 0.845. The highest BCUT2D eigenvalue weighted by molar-refractivity contribution is 5.85. The van der Waals surface area contributed by atoms with Crippen molar-refractivity contribution >= 4 is 24.8 Å². The van der Waals surface area contributed by atoms with Gasteiger partial charge in [-0.2, -0.15) is 0 Å². The van der Waals surface area contributed by atoms with Gasteiger partial charge in [-0.15, -0.1) is 24.8 Å². The summed E-state index contributed by atoms with van der Waals surface area (Å²) in [4.78, 5) is 2.53. The molecule has 88 valence electrons. The molecular weight excluding hydrogens is 219 g/mol. The van der Waals surface area contributed by atoms with Gasteiger partial charge in [-0.05, 0) is 45.9 Å². The van der Waals surface area contributed by atoms with Gasteiger partial charge in [-0.3, -0.25) is 0 Å². The van der Waals surface area contributed by atoms with E-state index >= 15 is 0 Å². The van der Waals surface area contributed by atoms with Crippen LogP contribution < -0.4 is 5.32 Å². The summed E-state index contributed by atoms with van der Waals surface area (Å²) in [6.45, 7) is 5.96. The number of hydrogen-bond donors (Lipinski definition) is 1. The van der Waals surface area contributed by atoms with Gasteiger partial charge in [0.05, 0.1) is 0 Å². The van der Waals surface area contributed by atoms with Crippen LogP contribution in [0.3, 0.4) is 0 Å². The van der Waals surface area contributed by atoms with Crippen molar-refractivity contribution in [3.05, 3.63) is 0 Å². The fraction of sp³-hybridized carbons (Fsp3) is 1.00. The van der Waals surface area contributed by atoms with Crippen molar-refractivity contribution in [3.8, 4) is 0 Å². The van der Waals surface area contributed by atoms with Gasteiger partial charge in [-0.1, -0.05) is 13.3 Å². The lowest BCUT2D eigenvalue weighted by atomic mass is 10.1. The Labute approximate surface area is 101 Å². The van der Waals surface area contributed by atoms with Gasteiger partial charge in [0.15, 0.2) is 0 Å². The van der Waals surface area contributed by atoms with Crippen LogP contribution in [-0.2, 0) is 0 Å². The summed E-state index contributed by atoms with van der Waals surface area (Å²) in [6.07, 6.45) is 5.33. The van der Waals surface area contributed by atoms with Crippen molar-refractivity contribution in [3.63, 3.8) is 0 Å². The topological polar surface area (TPSA) is 15.3 Å². The van der Waals surface area contributed by atoms with Crippen molar-refractivity contribution in [1.82, 2.24) is 10.2 Å². The molecule has 0 unspecified atom stereocenters. The molecule has 1 saturated heterocycles. The highest BCUT2D eigenvalue weighted by Crippen LogP contribution is 2.10. The predicted molar refractivity (Wildman–Crippen MR) is 67.9 cm³/mol. The lowest BCUT2D eigenvalue weighted by molar-refractivity contribution is 0.197. The van der Waals surface area contributed by atoms with E-state index in [1.807, 2.05) is 0 Å². The molecule has 1 rings (SSSR count). The Morgan fingerprint density at radius 2 is 1.79 bits per heavy atom. The SMILES string of the molecule is CCCCN(C)C1CCNCC1.Cl.Cl. The number of halogens is 2. The van der Waals surface area contributed by atoms with Gasteiger partial charge < -0.3 is 10.2 Å². The van der Waals surface area contributed by atoms with Gasteiger partial charge in [0.25, 0.3) is 0 Å². The van der Waals surface area contributed by atoms with Crippen LogP contribution in [0.5, 0.6) is 0 Å². The number of unbranched alkanes of at least 4 members (excludes halogenated alkanes) is 1. The highest BCUT2D eigenvalue weighted by atomic mass is 35.5. The Bertz CT molecular complexity index is 117. The average molecular weight is 243 g/mol. The second-order valence-electron chi connectivity index (χ2n) is 3.82. The normalized spacial score (nSPS) is 17.4. The molecule has 4 heteroatoms. The molecule has 0 bridgehead atoms. The van der Waals surface area contributed by atoms with E-state index < -0.39 is 0 Å². The van der Waals surface area contributed by atoms with E-state index in [1.165, 1.54) is 45.3 Å². The molecule has 0 amide bonds. The minimum atomic E-state index is 0. The smallest absolute Gasteiger partial charge is 0.0116 e. The summed E-state index contributed by atoms with van der Waals surface area (Å²) in [5.41, 5.74) is 0. The number of nitrogens with one attached hydrogen (secondary N) is 1. The minimum absolute atomic E-state index is 0. The van der Waals surface area contributed by atoms with E-state index in [-0.39, 0.29) is 24.8 Å². The molecule has 1 heterocycles. The molecule has 14 heavy (non-hydrogen) atoms. The van der Waals surface area contributed by atoms with Crippen molar-refractivity contribution in [2.24, 2.45) is 0 Å². The van der Waals surface area contributed by atoms with Crippen LogP contribution >= 0.6 is 24.8 Å². The molecule has 2 nitrogen and oxygen atoms in total. The van der Waals surface area contributed by atoms with Crippen molar-refractivity contribution in [1.29, 1.82) is 0 Å². The summed E-state index contributed by atoms with van der Waals surface area (Å²) in [5.74, 6) is 0. The monoisotopic (exact) mass is 242 g/mol. The van der Waals surface area contributed by atoms with Crippen LogP contribution in [0, 0.1) is 0 Å². The second-order valence-corrected chi connectivity index (χ2v) is 3.82. The zero-order valence-electron chi connectivity index (χ0n) is 9.29. The maximum Gasteiger partial charge on any atom is 0.0116 e. The maximum atomic E-state index is 3.40. The summed E-state index contributed by atoms with van der Waals surface area (Å²) in [5, 5.41) is 3.40. The maximum absolute atomic E-state index is 3.40. The van der Waals surface area contributed by atoms with Crippen LogP contribution in [0.15, 0.2) is 0 Å². The molecule has 1 fully saturated rings. The molecule has 0 aliphatic carbocycles. The fourth-order valence-corrected chi connectivity index (χ4v) is 1.84. The summed E-state index contributed by atoms with van der Waals surface area (Å²) < 4.78 is 0. The molecule has 1 N–H and O–H groups in total. The Hall–Kier alpha value is 0.500. The van der Waals surface area contributed by atoms with E-state index in [2.05, 4.69) is 24.2 Å². The van der Waals surface area contributed by atoms with Gasteiger partial charge in [0.2, 0.25) is 0 Å². The third-order valence-corrected chi connectivity index (χ3v) is 2.80. The molecule has 0 radical (unpaired) electrons. The largest absolute Gasteiger partial charge is 0.317 e. The van der Waals surface area contributed by atoms with Crippen LogP contribution in [0.2, 0.25) is 0 Å². The van der Waals surface area contributed by atoms with Gasteiger partial charge in [0, 0.05) is 6.04 Å². The Morgan fingerprint density at radius 3 is 2.29 bits per heavy atom. The fourth-order valence-electron chi connectivity index (χ4n) is 1.84. The number of piperidine rings is 1. The number of rotatable bonds is 4. The third kappa shape index (κ3) is 6.07. The first-order valence-electron chi connectivity index (χ1n) is 5.25.